The lowest BCUT2D eigenvalue weighted by atomic mass is 10.1. The third-order valence-electron chi connectivity index (χ3n) is 2.91. The fourth-order valence-electron chi connectivity index (χ4n) is 1.74. The van der Waals surface area contributed by atoms with Crippen molar-refractivity contribution < 1.29 is 24.3 Å². The quantitative estimate of drug-likeness (QED) is 0.107. The summed E-state index contributed by atoms with van der Waals surface area (Å²) in [5.41, 5.74) is 10.4. The van der Waals surface area contributed by atoms with Gasteiger partial charge in [0.25, 0.3) is 0 Å². The van der Waals surface area contributed by atoms with E-state index in [9.17, 15) is 19.2 Å². The molecule has 0 spiro atoms. The highest BCUT2D eigenvalue weighted by atomic mass is 16.4. The lowest BCUT2D eigenvalue weighted by Crippen LogP contribution is -2.52. The average molecular weight is 344 g/mol. The highest BCUT2D eigenvalue weighted by molar-refractivity contribution is 5.96. The van der Waals surface area contributed by atoms with Crippen molar-refractivity contribution in [2.24, 2.45) is 16.5 Å². The zero-order chi connectivity index (χ0) is 18.7. The van der Waals surface area contributed by atoms with E-state index < -0.39 is 42.2 Å². The molecular weight excluding hydrogens is 320 g/mol. The first-order valence-corrected chi connectivity index (χ1v) is 7.25. The molecule has 0 aliphatic rings. The van der Waals surface area contributed by atoms with Crippen molar-refractivity contribution >= 4 is 29.7 Å². The molecule has 0 aromatic rings. The van der Waals surface area contributed by atoms with Crippen LogP contribution in [0.3, 0.4) is 0 Å². The maximum atomic E-state index is 12.0. The summed E-state index contributed by atoms with van der Waals surface area (Å²) in [6, 6.07) is -1.81. The third-order valence-corrected chi connectivity index (χ3v) is 2.91. The van der Waals surface area contributed by atoms with Crippen molar-refractivity contribution in [2.45, 2.75) is 38.3 Å². The number of guanidine groups is 1. The molecule has 0 rings (SSSR count). The van der Waals surface area contributed by atoms with E-state index in [2.05, 4.69) is 20.9 Å². The van der Waals surface area contributed by atoms with Gasteiger partial charge in [-0.15, -0.1) is 0 Å². The van der Waals surface area contributed by atoms with Crippen LogP contribution in [0.25, 0.3) is 0 Å². The SMILES string of the molecule is CNC(=O)C(CCCN=C(N)N)NC(=O)[C@H](C)NC(=O)CC(=O)O. The van der Waals surface area contributed by atoms with Gasteiger partial charge in [-0.05, 0) is 19.8 Å². The predicted molar refractivity (Wildman–Crippen MR) is 85.8 cm³/mol. The summed E-state index contributed by atoms with van der Waals surface area (Å²) in [5.74, 6) is -3.18. The molecule has 0 aliphatic heterocycles. The number of carbonyl (C=O) groups excluding carboxylic acids is 3. The Morgan fingerprint density at radius 1 is 1.12 bits per heavy atom. The zero-order valence-corrected chi connectivity index (χ0v) is 13.7. The van der Waals surface area contributed by atoms with Crippen molar-refractivity contribution in [3.63, 3.8) is 0 Å². The van der Waals surface area contributed by atoms with Crippen molar-refractivity contribution in [1.82, 2.24) is 16.0 Å². The lowest BCUT2D eigenvalue weighted by Gasteiger charge is -2.20. The Labute approximate surface area is 139 Å². The van der Waals surface area contributed by atoms with Gasteiger partial charge >= 0.3 is 5.97 Å². The van der Waals surface area contributed by atoms with E-state index in [1.165, 1.54) is 14.0 Å². The van der Waals surface area contributed by atoms with Crippen molar-refractivity contribution in [1.29, 1.82) is 0 Å². The number of nitrogens with zero attached hydrogens (tertiary/aromatic N) is 1. The van der Waals surface area contributed by atoms with E-state index in [4.69, 9.17) is 16.6 Å². The number of hydrogen-bond donors (Lipinski definition) is 6. The van der Waals surface area contributed by atoms with Crippen LogP contribution >= 0.6 is 0 Å². The molecule has 0 radical (unpaired) electrons. The average Bonchev–Trinajstić information content (AvgIpc) is 2.47. The summed E-state index contributed by atoms with van der Waals surface area (Å²) in [6.45, 7) is 1.69. The number of carboxylic acids is 1. The molecule has 0 aromatic carbocycles. The standard InChI is InChI=1S/C13H24N6O5/c1-7(18-9(20)6-10(21)22)11(23)19-8(12(24)16-2)4-3-5-17-13(14)15/h7-8H,3-6H2,1-2H3,(H,16,24)(H,18,20)(H,19,23)(H,21,22)(H4,14,15,17)/t7-,8?/m0/s1. The minimum Gasteiger partial charge on any atom is -0.481 e. The van der Waals surface area contributed by atoms with Crippen molar-refractivity contribution in [3.05, 3.63) is 0 Å². The molecule has 0 saturated heterocycles. The summed E-state index contributed by atoms with van der Waals surface area (Å²) >= 11 is 0. The van der Waals surface area contributed by atoms with E-state index in [-0.39, 0.29) is 12.4 Å². The minimum absolute atomic E-state index is 0.0645. The van der Waals surface area contributed by atoms with Gasteiger partial charge in [-0.3, -0.25) is 24.2 Å². The van der Waals surface area contributed by atoms with E-state index >= 15 is 0 Å². The molecule has 11 nitrogen and oxygen atoms in total. The summed E-state index contributed by atoms with van der Waals surface area (Å²) in [4.78, 5) is 49.3. The molecule has 0 bridgehead atoms. The van der Waals surface area contributed by atoms with Crippen LogP contribution in [0.2, 0.25) is 0 Å². The van der Waals surface area contributed by atoms with Gasteiger partial charge in [-0.25, -0.2) is 0 Å². The zero-order valence-electron chi connectivity index (χ0n) is 13.7. The van der Waals surface area contributed by atoms with Crippen molar-refractivity contribution in [2.75, 3.05) is 13.6 Å². The smallest absolute Gasteiger partial charge is 0.312 e. The Morgan fingerprint density at radius 3 is 2.25 bits per heavy atom. The first kappa shape index (κ1) is 21.1. The molecule has 24 heavy (non-hydrogen) atoms. The van der Waals surface area contributed by atoms with Gasteiger partial charge < -0.3 is 32.5 Å². The van der Waals surface area contributed by atoms with Gasteiger partial charge in [0.1, 0.15) is 18.5 Å². The van der Waals surface area contributed by atoms with E-state index in [1.54, 1.807) is 0 Å². The maximum Gasteiger partial charge on any atom is 0.312 e. The van der Waals surface area contributed by atoms with Crippen LogP contribution in [0.1, 0.15) is 26.2 Å². The Hall–Kier alpha value is -2.85. The van der Waals surface area contributed by atoms with Crippen LogP contribution in [-0.4, -0.2) is 60.4 Å². The second-order valence-corrected chi connectivity index (χ2v) is 4.98. The third kappa shape index (κ3) is 9.23. The van der Waals surface area contributed by atoms with Crippen molar-refractivity contribution in [3.8, 4) is 0 Å². The number of aliphatic imine (C=N–C) groups is 1. The number of rotatable bonds is 10. The summed E-state index contributed by atoms with van der Waals surface area (Å²) in [6.07, 6.45) is 0.00299. The number of aliphatic carboxylic acids is 1. The largest absolute Gasteiger partial charge is 0.481 e. The van der Waals surface area contributed by atoms with Crippen LogP contribution < -0.4 is 27.4 Å². The molecule has 8 N–H and O–H groups in total. The molecule has 0 aliphatic carbocycles. The van der Waals surface area contributed by atoms with Gasteiger partial charge in [0.2, 0.25) is 17.7 Å². The Kier molecular flexibility index (Phi) is 9.52. The molecule has 0 aromatic heterocycles. The molecule has 2 atom stereocenters. The second-order valence-electron chi connectivity index (χ2n) is 4.98. The first-order chi connectivity index (χ1) is 11.2. The number of amides is 3. The lowest BCUT2D eigenvalue weighted by molar-refractivity contribution is -0.141. The number of likely N-dealkylation sites (N-methyl/N-ethyl adjacent to an activating group) is 1. The molecule has 0 saturated carbocycles. The summed E-state index contributed by atoms with van der Waals surface area (Å²) in [7, 11) is 1.43. The normalized spacial score (nSPS) is 12.4. The Balaban J connectivity index is 4.57. The predicted octanol–water partition coefficient (Wildman–Crippen LogP) is -2.75. The van der Waals surface area contributed by atoms with Crippen LogP contribution in [0.15, 0.2) is 4.99 Å². The van der Waals surface area contributed by atoms with Gasteiger partial charge in [0.05, 0.1) is 0 Å². The molecule has 136 valence electrons. The van der Waals surface area contributed by atoms with Crippen LogP contribution in [0.4, 0.5) is 0 Å². The molecule has 0 fully saturated rings. The van der Waals surface area contributed by atoms with Crippen LogP contribution in [0.5, 0.6) is 0 Å². The number of nitrogens with one attached hydrogen (secondary N) is 3. The summed E-state index contributed by atoms with van der Waals surface area (Å²) in [5, 5.41) is 15.7. The molecular formula is C13H24N6O5. The van der Waals surface area contributed by atoms with Gasteiger partial charge in [0, 0.05) is 13.6 Å². The number of nitrogens with two attached hydrogens (primary N) is 2. The topological polar surface area (TPSA) is 189 Å². The molecule has 11 heteroatoms. The highest BCUT2D eigenvalue weighted by Crippen LogP contribution is 2.00. The van der Waals surface area contributed by atoms with E-state index in [0.29, 0.717) is 13.0 Å². The molecule has 0 heterocycles. The van der Waals surface area contributed by atoms with Gasteiger partial charge in [-0.1, -0.05) is 0 Å². The van der Waals surface area contributed by atoms with Gasteiger partial charge in [0.15, 0.2) is 5.96 Å². The Morgan fingerprint density at radius 2 is 1.75 bits per heavy atom. The summed E-state index contributed by atoms with van der Waals surface area (Å²) < 4.78 is 0. The number of carboxylic acid groups (broad SMARTS) is 1. The fourth-order valence-corrected chi connectivity index (χ4v) is 1.74. The van der Waals surface area contributed by atoms with Gasteiger partial charge in [-0.2, -0.15) is 0 Å². The number of carbonyl (C=O) groups is 4. The molecule has 1 unspecified atom stereocenters. The minimum atomic E-state index is -1.30. The maximum absolute atomic E-state index is 12.0. The fraction of sp³-hybridized carbons (Fsp3) is 0.615. The monoisotopic (exact) mass is 344 g/mol. The highest BCUT2D eigenvalue weighted by Gasteiger charge is 2.23. The second kappa shape index (κ2) is 10.8. The first-order valence-electron chi connectivity index (χ1n) is 7.25. The van der Waals surface area contributed by atoms with E-state index in [1.807, 2.05) is 0 Å². The van der Waals surface area contributed by atoms with Crippen LogP contribution in [-0.2, 0) is 19.2 Å². The number of hydrogen-bond acceptors (Lipinski definition) is 5. The van der Waals surface area contributed by atoms with E-state index in [0.717, 1.165) is 0 Å². The van der Waals surface area contributed by atoms with Crippen LogP contribution in [0, 0.1) is 0 Å². The molecule has 3 amide bonds. The Bertz CT molecular complexity index is 503.